The van der Waals surface area contributed by atoms with E-state index in [0.29, 0.717) is 6.42 Å². The average molecular weight is 336 g/mol. The van der Waals surface area contributed by atoms with Crippen LogP contribution in [-0.2, 0) is 16.0 Å². The number of nitrogens with one attached hydrogen (secondary N) is 2. The normalized spacial score (nSPS) is 18.5. The summed E-state index contributed by atoms with van der Waals surface area (Å²) in [7, 11) is 0. The summed E-state index contributed by atoms with van der Waals surface area (Å²) in [6, 6.07) is 13.7. The molecule has 0 aliphatic heterocycles. The van der Waals surface area contributed by atoms with Crippen molar-refractivity contribution < 1.29 is 9.59 Å². The van der Waals surface area contributed by atoms with Crippen LogP contribution in [0.15, 0.2) is 42.5 Å². The van der Waals surface area contributed by atoms with Crippen molar-refractivity contribution in [1.29, 1.82) is 0 Å². The highest BCUT2D eigenvalue weighted by Gasteiger charge is 2.48. The van der Waals surface area contributed by atoms with Crippen LogP contribution in [0.5, 0.6) is 0 Å². The molecule has 2 amide bonds. The minimum Gasteiger partial charge on any atom is -0.326 e. The summed E-state index contributed by atoms with van der Waals surface area (Å²) < 4.78 is 0. The molecule has 1 aliphatic rings. The van der Waals surface area contributed by atoms with E-state index in [9.17, 15) is 9.59 Å². The van der Waals surface area contributed by atoms with E-state index >= 15 is 0 Å². The second-order valence-electron chi connectivity index (χ2n) is 6.70. The Hall–Kier alpha value is -2.62. The zero-order valence-electron chi connectivity index (χ0n) is 14.9. The maximum Gasteiger partial charge on any atom is 0.228 e. The Bertz CT molecular complexity index is 793. The fourth-order valence-electron chi connectivity index (χ4n) is 3.18. The monoisotopic (exact) mass is 336 g/mol. The molecule has 1 fully saturated rings. The zero-order chi connectivity index (χ0) is 18.0. The van der Waals surface area contributed by atoms with Gasteiger partial charge in [-0.3, -0.25) is 9.59 Å². The molecular formula is C21H24N2O2. The van der Waals surface area contributed by atoms with E-state index in [4.69, 9.17) is 0 Å². The predicted molar refractivity (Wildman–Crippen MR) is 101 cm³/mol. The molecule has 4 heteroatoms. The first-order chi connectivity index (χ1) is 12.0. The van der Waals surface area contributed by atoms with Crippen molar-refractivity contribution in [1.82, 2.24) is 0 Å². The molecule has 2 N–H and O–H groups in total. The second-order valence-corrected chi connectivity index (χ2v) is 6.70. The lowest BCUT2D eigenvalue weighted by molar-refractivity contribution is -0.122. The summed E-state index contributed by atoms with van der Waals surface area (Å²) >= 11 is 0. The van der Waals surface area contributed by atoms with Gasteiger partial charge in [0.25, 0.3) is 0 Å². The topological polar surface area (TPSA) is 58.2 Å². The smallest absolute Gasteiger partial charge is 0.228 e. The molecular weight excluding hydrogens is 312 g/mol. The molecule has 1 saturated carbocycles. The van der Waals surface area contributed by atoms with Crippen LogP contribution >= 0.6 is 0 Å². The molecule has 130 valence electrons. The Labute approximate surface area is 148 Å². The second kappa shape index (κ2) is 7.09. The van der Waals surface area contributed by atoms with Crippen LogP contribution in [0.4, 0.5) is 11.4 Å². The lowest BCUT2D eigenvalue weighted by Gasteiger charge is -2.12. The van der Waals surface area contributed by atoms with E-state index < -0.39 is 0 Å². The number of aryl methyl sites for hydroxylation is 3. The Kier molecular flexibility index (Phi) is 4.88. The van der Waals surface area contributed by atoms with Gasteiger partial charge in [0.15, 0.2) is 0 Å². The van der Waals surface area contributed by atoms with E-state index in [0.717, 1.165) is 34.5 Å². The Morgan fingerprint density at radius 2 is 1.52 bits per heavy atom. The number of benzene rings is 2. The lowest BCUT2D eigenvalue weighted by Crippen LogP contribution is -2.21. The third-order valence-electron chi connectivity index (χ3n) is 4.85. The van der Waals surface area contributed by atoms with Crippen molar-refractivity contribution in [2.75, 3.05) is 10.6 Å². The Morgan fingerprint density at radius 3 is 2.16 bits per heavy atom. The lowest BCUT2D eigenvalue weighted by atomic mass is 10.1. The van der Waals surface area contributed by atoms with Gasteiger partial charge in [-0.1, -0.05) is 43.3 Å². The average Bonchev–Trinajstić information content (AvgIpc) is 3.39. The largest absolute Gasteiger partial charge is 0.326 e. The van der Waals surface area contributed by atoms with Crippen molar-refractivity contribution >= 4 is 23.2 Å². The van der Waals surface area contributed by atoms with Crippen molar-refractivity contribution in [2.45, 2.75) is 33.6 Å². The molecule has 2 aromatic carbocycles. The van der Waals surface area contributed by atoms with Gasteiger partial charge in [0.1, 0.15) is 0 Å². The number of carbonyl (C=O) groups is 2. The van der Waals surface area contributed by atoms with Crippen LogP contribution < -0.4 is 10.6 Å². The molecule has 25 heavy (non-hydrogen) atoms. The first-order valence-corrected chi connectivity index (χ1v) is 8.77. The van der Waals surface area contributed by atoms with Gasteiger partial charge in [-0.2, -0.15) is 0 Å². The van der Waals surface area contributed by atoms with Crippen LogP contribution in [0.3, 0.4) is 0 Å². The quantitative estimate of drug-likeness (QED) is 0.864. The fraction of sp³-hybridized carbons (Fsp3) is 0.333. The first-order valence-electron chi connectivity index (χ1n) is 8.77. The van der Waals surface area contributed by atoms with Gasteiger partial charge in [0.2, 0.25) is 11.8 Å². The number of hydrogen-bond acceptors (Lipinski definition) is 2. The number of para-hydroxylation sites is 2. The zero-order valence-corrected chi connectivity index (χ0v) is 14.9. The standard InChI is InChI=1S/C21H24N2O2/c1-4-15-10-5-6-11-18(15)22-20(24)16-12-17(16)21(25)23-19-13(2)8-7-9-14(19)3/h5-11,16-17H,4,12H2,1-3H3,(H,22,24)(H,23,25). The summed E-state index contributed by atoms with van der Waals surface area (Å²) in [4.78, 5) is 24.9. The Balaban J connectivity index is 1.62. The van der Waals surface area contributed by atoms with E-state index in [2.05, 4.69) is 17.6 Å². The molecule has 4 nitrogen and oxygen atoms in total. The highest BCUT2D eigenvalue weighted by molar-refractivity contribution is 6.03. The third kappa shape index (κ3) is 3.73. The molecule has 0 heterocycles. The van der Waals surface area contributed by atoms with Crippen LogP contribution in [0.1, 0.15) is 30.0 Å². The minimum atomic E-state index is -0.243. The number of carbonyl (C=O) groups excluding carboxylic acids is 2. The van der Waals surface area contributed by atoms with E-state index in [1.807, 2.05) is 56.3 Å². The van der Waals surface area contributed by atoms with Gasteiger partial charge in [-0.05, 0) is 49.4 Å². The SMILES string of the molecule is CCc1ccccc1NC(=O)C1CC1C(=O)Nc1c(C)cccc1C. The molecule has 3 rings (SSSR count). The maximum atomic E-state index is 12.5. The van der Waals surface area contributed by atoms with E-state index in [1.165, 1.54) is 0 Å². The third-order valence-corrected chi connectivity index (χ3v) is 4.85. The fourth-order valence-corrected chi connectivity index (χ4v) is 3.18. The van der Waals surface area contributed by atoms with Gasteiger partial charge in [0, 0.05) is 11.4 Å². The van der Waals surface area contributed by atoms with Gasteiger partial charge < -0.3 is 10.6 Å². The molecule has 0 bridgehead atoms. The molecule has 0 saturated heterocycles. The Morgan fingerprint density at radius 1 is 0.920 bits per heavy atom. The van der Waals surface area contributed by atoms with E-state index in [-0.39, 0.29) is 23.7 Å². The molecule has 0 aromatic heterocycles. The number of hydrogen-bond donors (Lipinski definition) is 2. The van der Waals surface area contributed by atoms with Crippen molar-refractivity contribution in [2.24, 2.45) is 11.8 Å². The minimum absolute atomic E-state index is 0.0671. The summed E-state index contributed by atoms with van der Waals surface area (Å²) in [5.74, 6) is -0.620. The van der Waals surface area contributed by atoms with Gasteiger partial charge in [-0.15, -0.1) is 0 Å². The summed E-state index contributed by atoms with van der Waals surface area (Å²) in [6.07, 6.45) is 1.47. The van der Waals surface area contributed by atoms with Crippen molar-refractivity contribution in [3.05, 3.63) is 59.2 Å². The molecule has 2 unspecified atom stereocenters. The van der Waals surface area contributed by atoms with E-state index in [1.54, 1.807) is 0 Å². The van der Waals surface area contributed by atoms with Crippen LogP contribution in [0, 0.1) is 25.7 Å². The van der Waals surface area contributed by atoms with Crippen LogP contribution in [-0.4, -0.2) is 11.8 Å². The number of anilines is 2. The van der Waals surface area contributed by atoms with Gasteiger partial charge >= 0.3 is 0 Å². The molecule has 2 aromatic rings. The molecule has 0 radical (unpaired) electrons. The van der Waals surface area contributed by atoms with Crippen molar-refractivity contribution in [3.63, 3.8) is 0 Å². The molecule has 1 aliphatic carbocycles. The van der Waals surface area contributed by atoms with Gasteiger partial charge in [0.05, 0.1) is 11.8 Å². The first kappa shape index (κ1) is 17.2. The number of rotatable bonds is 5. The number of amides is 2. The summed E-state index contributed by atoms with van der Waals surface area (Å²) in [5.41, 5.74) is 4.87. The molecule has 0 spiro atoms. The predicted octanol–water partition coefficient (Wildman–Crippen LogP) is 4.08. The summed E-state index contributed by atoms with van der Waals surface area (Å²) in [6.45, 7) is 6.01. The van der Waals surface area contributed by atoms with Crippen LogP contribution in [0.2, 0.25) is 0 Å². The highest BCUT2D eigenvalue weighted by atomic mass is 16.2. The maximum absolute atomic E-state index is 12.5. The summed E-state index contributed by atoms with van der Waals surface area (Å²) in [5, 5.41) is 5.97. The van der Waals surface area contributed by atoms with Gasteiger partial charge in [-0.25, -0.2) is 0 Å². The van der Waals surface area contributed by atoms with Crippen LogP contribution in [0.25, 0.3) is 0 Å². The molecule has 2 atom stereocenters. The highest BCUT2D eigenvalue weighted by Crippen LogP contribution is 2.40. The van der Waals surface area contributed by atoms with Crippen molar-refractivity contribution in [3.8, 4) is 0 Å².